The minimum Gasteiger partial charge on any atom is -0.408 e. The molecule has 0 aliphatic carbocycles. The molecular formula is C13H14N4O4S. The summed E-state index contributed by atoms with van der Waals surface area (Å²) in [4.78, 5) is 13.7. The highest BCUT2D eigenvalue weighted by atomic mass is 32.2. The van der Waals surface area contributed by atoms with E-state index < -0.39 is 15.8 Å². The number of aromatic amines is 1. The number of nitrogens with zero attached hydrogens (tertiary/aromatic N) is 2. The standard InChI is InChI=1S/C13H14N4O4S/c1-8-5-10-11(21-13(18)15-10)6-12(8)22(19,20)14-7-9-3-4-17(2)16-9/h3-6,14H,7H2,1-2H3,(H,15,18). The van der Waals surface area contributed by atoms with Gasteiger partial charge in [0.05, 0.1) is 22.7 Å². The summed E-state index contributed by atoms with van der Waals surface area (Å²) in [5, 5.41) is 4.11. The highest BCUT2D eigenvalue weighted by Crippen LogP contribution is 2.21. The molecule has 116 valence electrons. The molecule has 0 aliphatic heterocycles. The number of hydrogen-bond donors (Lipinski definition) is 2. The fraction of sp³-hybridized carbons (Fsp3) is 0.231. The number of sulfonamides is 1. The molecule has 0 unspecified atom stereocenters. The molecule has 0 radical (unpaired) electrons. The van der Waals surface area contributed by atoms with Gasteiger partial charge in [-0.25, -0.2) is 17.9 Å². The number of aromatic nitrogens is 3. The quantitative estimate of drug-likeness (QED) is 0.732. The van der Waals surface area contributed by atoms with Crippen molar-refractivity contribution < 1.29 is 12.8 Å². The van der Waals surface area contributed by atoms with Crippen LogP contribution in [0, 0.1) is 6.92 Å². The summed E-state index contributed by atoms with van der Waals surface area (Å²) in [6.45, 7) is 1.73. The van der Waals surface area contributed by atoms with Gasteiger partial charge >= 0.3 is 5.76 Å². The zero-order chi connectivity index (χ0) is 15.9. The van der Waals surface area contributed by atoms with Crippen molar-refractivity contribution in [3.8, 4) is 0 Å². The van der Waals surface area contributed by atoms with Crippen LogP contribution in [0.2, 0.25) is 0 Å². The maximum Gasteiger partial charge on any atom is 0.417 e. The van der Waals surface area contributed by atoms with Crippen LogP contribution in [-0.4, -0.2) is 23.2 Å². The lowest BCUT2D eigenvalue weighted by Crippen LogP contribution is -2.24. The Morgan fingerprint density at radius 3 is 2.86 bits per heavy atom. The van der Waals surface area contributed by atoms with E-state index in [4.69, 9.17) is 4.42 Å². The highest BCUT2D eigenvalue weighted by Gasteiger charge is 2.19. The van der Waals surface area contributed by atoms with Crippen molar-refractivity contribution in [2.24, 2.45) is 7.05 Å². The van der Waals surface area contributed by atoms with Crippen LogP contribution in [0.1, 0.15) is 11.3 Å². The van der Waals surface area contributed by atoms with Gasteiger partial charge in [0.25, 0.3) is 0 Å². The summed E-state index contributed by atoms with van der Waals surface area (Å²) in [5.41, 5.74) is 1.79. The van der Waals surface area contributed by atoms with Crippen LogP contribution < -0.4 is 10.5 Å². The zero-order valence-electron chi connectivity index (χ0n) is 12.0. The predicted molar refractivity (Wildman–Crippen MR) is 78.8 cm³/mol. The third kappa shape index (κ3) is 2.68. The molecule has 0 amide bonds. The topological polar surface area (TPSA) is 110 Å². The average molecular weight is 322 g/mol. The Morgan fingerprint density at radius 1 is 1.41 bits per heavy atom. The van der Waals surface area contributed by atoms with Gasteiger partial charge < -0.3 is 4.42 Å². The summed E-state index contributed by atoms with van der Waals surface area (Å²) in [6, 6.07) is 4.63. The van der Waals surface area contributed by atoms with Crippen molar-refractivity contribution in [1.82, 2.24) is 19.5 Å². The number of aryl methyl sites for hydroxylation is 2. The summed E-state index contributed by atoms with van der Waals surface area (Å²) >= 11 is 0. The molecule has 3 aromatic rings. The van der Waals surface area contributed by atoms with Crippen molar-refractivity contribution >= 4 is 21.1 Å². The fourth-order valence-electron chi connectivity index (χ4n) is 2.18. The second-order valence-electron chi connectivity index (χ2n) is 4.93. The monoisotopic (exact) mass is 322 g/mol. The molecule has 2 N–H and O–H groups in total. The first-order valence-electron chi connectivity index (χ1n) is 6.47. The van der Waals surface area contributed by atoms with E-state index in [-0.39, 0.29) is 17.0 Å². The van der Waals surface area contributed by atoms with Gasteiger partial charge in [0.15, 0.2) is 5.58 Å². The van der Waals surface area contributed by atoms with E-state index in [1.807, 2.05) is 0 Å². The molecule has 1 aromatic carbocycles. The normalized spacial score (nSPS) is 12.1. The summed E-state index contributed by atoms with van der Waals surface area (Å²) in [7, 11) is -1.98. The Bertz CT molecular complexity index is 997. The van der Waals surface area contributed by atoms with E-state index in [1.165, 1.54) is 6.07 Å². The minimum atomic E-state index is -3.74. The zero-order valence-corrected chi connectivity index (χ0v) is 12.8. The number of hydrogen-bond acceptors (Lipinski definition) is 5. The first-order chi connectivity index (χ1) is 10.3. The van der Waals surface area contributed by atoms with E-state index in [1.54, 1.807) is 37.0 Å². The van der Waals surface area contributed by atoms with Crippen LogP contribution in [0.15, 0.2) is 38.5 Å². The average Bonchev–Trinajstić information content (AvgIpc) is 3.00. The Kier molecular flexibility index (Phi) is 3.38. The van der Waals surface area contributed by atoms with Crippen LogP contribution in [0.4, 0.5) is 0 Å². The second kappa shape index (κ2) is 5.11. The molecule has 9 heteroatoms. The molecule has 0 fully saturated rings. The van der Waals surface area contributed by atoms with Crippen molar-refractivity contribution in [2.45, 2.75) is 18.4 Å². The summed E-state index contributed by atoms with van der Waals surface area (Å²) < 4.78 is 33.8. The maximum absolute atomic E-state index is 12.4. The number of fused-ring (bicyclic) bond motifs is 1. The number of oxazole rings is 1. The van der Waals surface area contributed by atoms with Crippen molar-refractivity contribution in [3.63, 3.8) is 0 Å². The molecule has 3 rings (SSSR count). The number of nitrogens with one attached hydrogen (secondary N) is 2. The van der Waals surface area contributed by atoms with Gasteiger partial charge in [-0.05, 0) is 24.6 Å². The number of benzene rings is 1. The van der Waals surface area contributed by atoms with Gasteiger partial charge in [-0.15, -0.1) is 0 Å². The number of rotatable bonds is 4. The van der Waals surface area contributed by atoms with Crippen LogP contribution >= 0.6 is 0 Å². The van der Waals surface area contributed by atoms with Crippen LogP contribution in [0.3, 0.4) is 0 Å². The molecule has 22 heavy (non-hydrogen) atoms. The van der Waals surface area contributed by atoms with E-state index in [2.05, 4.69) is 14.8 Å². The molecule has 0 aliphatic rings. The van der Waals surface area contributed by atoms with Gasteiger partial charge in [-0.3, -0.25) is 9.67 Å². The van der Waals surface area contributed by atoms with Crippen LogP contribution in [0.5, 0.6) is 0 Å². The van der Waals surface area contributed by atoms with Gasteiger partial charge in [0, 0.05) is 19.3 Å². The molecule has 0 spiro atoms. The fourth-order valence-corrected chi connectivity index (χ4v) is 3.42. The van der Waals surface area contributed by atoms with Gasteiger partial charge in [0.2, 0.25) is 10.0 Å². The SMILES string of the molecule is Cc1cc2[nH]c(=O)oc2cc1S(=O)(=O)NCc1ccn(C)n1. The lowest BCUT2D eigenvalue weighted by Gasteiger charge is -2.08. The molecule has 2 heterocycles. The van der Waals surface area contributed by atoms with Gasteiger partial charge in [-0.2, -0.15) is 5.10 Å². The largest absolute Gasteiger partial charge is 0.417 e. The molecule has 0 saturated heterocycles. The first kappa shape index (κ1) is 14.5. The third-order valence-electron chi connectivity index (χ3n) is 3.22. The lowest BCUT2D eigenvalue weighted by molar-refractivity contribution is 0.553. The van der Waals surface area contributed by atoms with E-state index >= 15 is 0 Å². The van der Waals surface area contributed by atoms with E-state index in [0.29, 0.717) is 16.8 Å². The van der Waals surface area contributed by atoms with Crippen molar-refractivity contribution in [3.05, 3.63) is 46.2 Å². The molecule has 8 nitrogen and oxygen atoms in total. The highest BCUT2D eigenvalue weighted by molar-refractivity contribution is 7.89. The van der Waals surface area contributed by atoms with Crippen molar-refractivity contribution in [1.29, 1.82) is 0 Å². The number of H-pyrrole nitrogens is 1. The Balaban J connectivity index is 1.94. The predicted octanol–water partition coefficient (Wildman–Crippen LogP) is 0.642. The molecule has 0 atom stereocenters. The molecule has 0 bridgehead atoms. The first-order valence-corrected chi connectivity index (χ1v) is 7.95. The Hall–Kier alpha value is -2.39. The van der Waals surface area contributed by atoms with E-state index in [0.717, 1.165) is 0 Å². The van der Waals surface area contributed by atoms with Crippen molar-refractivity contribution in [2.75, 3.05) is 0 Å². The van der Waals surface area contributed by atoms with Gasteiger partial charge in [0.1, 0.15) is 0 Å². The molecule has 0 saturated carbocycles. The van der Waals surface area contributed by atoms with Crippen LogP contribution in [0.25, 0.3) is 11.1 Å². The Labute approximate surface area is 125 Å². The smallest absolute Gasteiger partial charge is 0.408 e. The second-order valence-corrected chi connectivity index (χ2v) is 6.67. The summed E-state index contributed by atoms with van der Waals surface area (Å²) in [5.74, 6) is -0.620. The third-order valence-corrected chi connectivity index (χ3v) is 4.76. The lowest BCUT2D eigenvalue weighted by atomic mass is 10.2. The molecular weight excluding hydrogens is 308 g/mol. The van der Waals surface area contributed by atoms with E-state index in [9.17, 15) is 13.2 Å². The summed E-state index contributed by atoms with van der Waals surface area (Å²) in [6.07, 6.45) is 1.73. The Morgan fingerprint density at radius 2 is 2.18 bits per heavy atom. The van der Waals surface area contributed by atoms with Crippen LogP contribution in [-0.2, 0) is 23.6 Å². The van der Waals surface area contributed by atoms with Gasteiger partial charge in [-0.1, -0.05) is 0 Å². The maximum atomic E-state index is 12.4. The molecule has 2 aromatic heterocycles. The minimum absolute atomic E-state index is 0.0682.